The van der Waals surface area contributed by atoms with Crippen molar-refractivity contribution in [1.82, 2.24) is 0 Å². The Morgan fingerprint density at radius 2 is 2.33 bits per heavy atom. The molecule has 0 saturated carbocycles. The maximum atomic E-state index is 5.96. The predicted octanol–water partition coefficient (Wildman–Crippen LogP) is 3.71. The number of hydrogen-bond donors (Lipinski definition) is 0. The molecule has 0 radical (unpaired) electrons. The van der Waals surface area contributed by atoms with Crippen LogP contribution in [-0.4, -0.2) is 5.16 Å². The first-order valence-electron chi connectivity index (χ1n) is 3.22. The van der Waals surface area contributed by atoms with Gasteiger partial charge in [0, 0.05) is 4.47 Å². The van der Waals surface area contributed by atoms with Gasteiger partial charge in [0.2, 0.25) is 0 Å². The molecule has 0 atom stereocenters. The van der Waals surface area contributed by atoms with Gasteiger partial charge in [0.15, 0.2) is 0 Å². The standard InChI is InChI=1S/C8H5BrClNS/c9-7-3-1-2-6(8(7)10)4-11-5-12/h1-3H,4H2. The summed E-state index contributed by atoms with van der Waals surface area (Å²) in [6, 6.07) is 5.69. The number of aliphatic imine (C=N–C) groups is 1. The van der Waals surface area contributed by atoms with Crippen molar-refractivity contribution >= 4 is 44.9 Å². The second-order valence-corrected chi connectivity index (χ2v) is 3.54. The van der Waals surface area contributed by atoms with E-state index in [2.05, 4.69) is 38.3 Å². The monoisotopic (exact) mass is 261 g/mol. The van der Waals surface area contributed by atoms with Crippen LogP contribution in [0.1, 0.15) is 5.56 Å². The van der Waals surface area contributed by atoms with Crippen LogP contribution in [0, 0.1) is 0 Å². The lowest BCUT2D eigenvalue weighted by Gasteiger charge is -2.00. The van der Waals surface area contributed by atoms with Crippen molar-refractivity contribution in [2.75, 3.05) is 0 Å². The molecule has 1 aromatic carbocycles. The molecule has 0 aliphatic heterocycles. The van der Waals surface area contributed by atoms with Crippen molar-refractivity contribution in [3.8, 4) is 0 Å². The van der Waals surface area contributed by atoms with Gasteiger partial charge in [-0.05, 0) is 39.8 Å². The highest BCUT2D eigenvalue weighted by Gasteiger charge is 2.01. The second-order valence-electron chi connectivity index (χ2n) is 2.12. The molecule has 0 amide bonds. The van der Waals surface area contributed by atoms with Gasteiger partial charge in [0.1, 0.15) is 0 Å². The van der Waals surface area contributed by atoms with Crippen molar-refractivity contribution in [3.05, 3.63) is 33.3 Å². The second kappa shape index (κ2) is 4.73. The number of rotatable bonds is 2. The highest BCUT2D eigenvalue weighted by molar-refractivity contribution is 9.10. The van der Waals surface area contributed by atoms with Crippen molar-refractivity contribution < 1.29 is 0 Å². The molecule has 0 saturated heterocycles. The molecule has 0 aliphatic rings. The van der Waals surface area contributed by atoms with Crippen molar-refractivity contribution in [1.29, 1.82) is 0 Å². The first-order chi connectivity index (χ1) is 5.75. The van der Waals surface area contributed by atoms with Crippen molar-refractivity contribution in [3.63, 3.8) is 0 Å². The third-order valence-electron chi connectivity index (χ3n) is 1.35. The van der Waals surface area contributed by atoms with Crippen LogP contribution in [0.25, 0.3) is 0 Å². The third-order valence-corrected chi connectivity index (χ3v) is 2.81. The van der Waals surface area contributed by atoms with Crippen LogP contribution in [0.3, 0.4) is 0 Å². The first kappa shape index (κ1) is 9.87. The molecule has 0 fully saturated rings. The molecule has 0 bridgehead atoms. The molecule has 1 rings (SSSR count). The summed E-state index contributed by atoms with van der Waals surface area (Å²) in [7, 11) is 0. The van der Waals surface area contributed by atoms with E-state index < -0.39 is 0 Å². The minimum atomic E-state index is 0.488. The molecule has 0 aliphatic carbocycles. The number of thiocarbonyl (C=S) groups is 1. The van der Waals surface area contributed by atoms with Gasteiger partial charge in [-0.25, -0.2) is 4.99 Å². The Bertz CT molecular complexity index is 334. The Balaban J connectivity index is 2.99. The van der Waals surface area contributed by atoms with E-state index in [1.54, 1.807) is 0 Å². The molecule has 0 unspecified atom stereocenters. The average molecular weight is 263 g/mol. The zero-order valence-electron chi connectivity index (χ0n) is 6.05. The van der Waals surface area contributed by atoms with Crippen LogP contribution < -0.4 is 0 Å². The zero-order chi connectivity index (χ0) is 8.97. The Kier molecular flexibility index (Phi) is 3.89. The van der Waals surface area contributed by atoms with Crippen LogP contribution in [0.5, 0.6) is 0 Å². The van der Waals surface area contributed by atoms with Gasteiger partial charge in [-0.3, -0.25) is 0 Å². The topological polar surface area (TPSA) is 12.4 Å². The molecular weight excluding hydrogens is 258 g/mol. The fraction of sp³-hybridized carbons (Fsp3) is 0.125. The molecule has 0 N–H and O–H groups in total. The summed E-state index contributed by atoms with van der Waals surface area (Å²) >= 11 is 13.7. The summed E-state index contributed by atoms with van der Waals surface area (Å²) < 4.78 is 0.876. The number of hydrogen-bond acceptors (Lipinski definition) is 2. The maximum Gasteiger partial charge on any atom is 0.0758 e. The van der Waals surface area contributed by atoms with E-state index in [1.807, 2.05) is 18.2 Å². The minimum Gasteiger partial charge on any atom is -0.228 e. The Morgan fingerprint density at radius 3 is 3.00 bits per heavy atom. The lowest BCUT2D eigenvalue weighted by molar-refractivity contribution is 1.08. The molecule has 12 heavy (non-hydrogen) atoms. The molecule has 0 spiro atoms. The van der Waals surface area contributed by atoms with Gasteiger partial charge < -0.3 is 0 Å². The van der Waals surface area contributed by atoms with Crippen LogP contribution in [-0.2, 0) is 6.54 Å². The molecule has 4 heteroatoms. The Hall–Kier alpha value is -0.210. The fourth-order valence-corrected chi connectivity index (χ4v) is 1.45. The zero-order valence-corrected chi connectivity index (χ0v) is 9.21. The molecule has 0 heterocycles. The molecule has 1 nitrogen and oxygen atoms in total. The van der Waals surface area contributed by atoms with Gasteiger partial charge in [0.05, 0.1) is 16.7 Å². The summed E-state index contributed by atoms with van der Waals surface area (Å²) in [5, 5.41) is 2.98. The number of nitrogens with zero attached hydrogens (tertiary/aromatic N) is 1. The van der Waals surface area contributed by atoms with E-state index in [0.717, 1.165) is 10.0 Å². The molecule has 62 valence electrons. The summed E-state index contributed by atoms with van der Waals surface area (Å²) in [6.45, 7) is 0.488. The normalized spacial score (nSPS) is 9.17. The van der Waals surface area contributed by atoms with Crippen molar-refractivity contribution in [2.45, 2.75) is 6.54 Å². The Morgan fingerprint density at radius 1 is 1.58 bits per heavy atom. The molecule has 0 aromatic heterocycles. The number of benzene rings is 1. The summed E-state index contributed by atoms with van der Waals surface area (Å²) in [6.07, 6.45) is 0. The Labute approximate surface area is 89.6 Å². The van der Waals surface area contributed by atoms with Gasteiger partial charge in [-0.1, -0.05) is 23.7 Å². The van der Waals surface area contributed by atoms with Gasteiger partial charge in [-0.15, -0.1) is 0 Å². The van der Waals surface area contributed by atoms with E-state index >= 15 is 0 Å². The van der Waals surface area contributed by atoms with E-state index in [0.29, 0.717) is 11.6 Å². The van der Waals surface area contributed by atoms with Gasteiger partial charge >= 0.3 is 0 Å². The highest BCUT2D eigenvalue weighted by Crippen LogP contribution is 2.26. The van der Waals surface area contributed by atoms with E-state index in [-0.39, 0.29) is 0 Å². The lowest BCUT2D eigenvalue weighted by atomic mass is 10.2. The lowest BCUT2D eigenvalue weighted by Crippen LogP contribution is -1.82. The quantitative estimate of drug-likeness (QED) is 0.585. The van der Waals surface area contributed by atoms with Gasteiger partial charge in [-0.2, -0.15) is 0 Å². The van der Waals surface area contributed by atoms with Crippen molar-refractivity contribution in [2.24, 2.45) is 4.99 Å². The SMILES string of the molecule is S=C=NCc1cccc(Br)c1Cl. The van der Waals surface area contributed by atoms with E-state index in [4.69, 9.17) is 11.6 Å². The summed E-state index contributed by atoms with van der Waals surface area (Å²) in [5.74, 6) is 0. The first-order valence-corrected chi connectivity index (χ1v) is 4.80. The maximum absolute atomic E-state index is 5.96. The van der Waals surface area contributed by atoms with E-state index in [1.165, 1.54) is 0 Å². The average Bonchev–Trinajstić information content (AvgIpc) is 2.08. The highest BCUT2D eigenvalue weighted by atomic mass is 79.9. The molecular formula is C8H5BrClNS. The number of halogens is 2. The molecule has 1 aromatic rings. The predicted molar refractivity (Wildman–Crippen MR) is 57.9 cm³/mol. The third kappa shape index (κ3) is 2.39. The van der Waals surface area contributed by atoms with Crippen LogP contribution in [0.2, 0.25) is 5.02 Å². The fourth-order valence-electron chi connectivity index (χ4n) is 0.788. The summed E-state index contributed by atoms with van der Waals surface area (Å²) in [4.78, 5) is 3.80. The van der Waals surface area contributed by atoms with Gasteiger partial charge in [0.25, 0.3) is 0 Å². The number of isothiocyanates is 1. The minimum absolute atomic E-state index is 0.488. The van der Waals surface area contributed by atoms with Crippen LogP contribution in [0.15, 0.2) is 27.7 Å². The smallest absolute Gasteiger partial charge is 0.0758 e. The largest absolute Gasteiger partial charge is 0.228 e. The van der Waals surface area contributed by atoms with Crippen LogP contribution >= 0.6 is 39.7 Å². The van der Waals surface area contributed by atoms with Crippen LogP contribution in [0.4, 0.5) is 0 Å². The summed E-state index contributed by atoms with van der Waals surface area (Å²) in [5.41, 5.74) is 0.948. The van der Waals surface area contributed by atoms with E-state index in [9.17, 15) is 0 Å².